The summed E-state index contributed by atoms with van der Waals surface area (Å²) < 4.78 is 15.9. The summed E-state index contributed by atoms with van der Waals surface area (Å²) in [5.74, 6) is 1.18. The van der Waals surface area contributed by atoms with Gasteiger partial charge in [0.25, 0.3) is 5.91 Å². The molecule has 6 nitrogen and oxygen atoms in total. The van der Waals surface area contributed by atoms with Gasteiger partial charge in [-0.3, -0.25) is 4.79 Å². The molecule has 2 N–H and O–H groups in total. The summed E-state index contributed by atoms with van der Waals surface area (Å²) >= 11 is 0. The Morgan fingerprint density at radius 2 is 1.62 bits per heavy atom. The van der Waals surface area contributed by atoms with Crippen molar-refractivity contribution in [3.05, 3.63) is 48.2 Å². The Hall–Kier alpha value is -3.15. The Balaban J connectivity index is 1.91. The normalized spacial score (nSPS) is 10.5. The van der Waals surface area contributed by atoms with E-state index in [-0.39, 0.29) is 5.91 Å². The third-order valence-electron chi connectivity index (χ3n) is 3.70. The van der Waals surface area contributed by atoms with Crippen molar-refractivity contribution in [2.45, 2.75) is 0 Å². The van der Waals surface area contributed by atoms with Crippen molar-refractivity contribution in [1.82, 2.24) is 4.98 Å². The molecule has 0 atom stereocenters. The second-order valence-electron chi connectivity index (χ2n) is 5.14. The molecule has 0 saturated carbocycles. The van der Waals surface area contributed by atoms with Crippen molar-refractivity contribution in [3.63, 3.8) is 0 Å². The first-order valence-corrected chi connectivity index (χ1v) is 7.35. The number of aromatic nitrogens is 1. The fourth-order valence-corrected chi connectivity index (χ4v) is 2.55. The van der Waals surface area contributed by atoms with E-state index in [1.54, 1.807) is 12.1 Å². The molecule has 0 spiro atoms. The van der Waals surface area contributed by atoms with Crippen LogP contribution in [-0.2, 0) is 0 Å². The zero-order valence-electron chi connectivity index (χ0n) is 13.7. The minimum absolute atomic E-state index is 0.250. The fourth-order valence-electron chi connectivity index (χ4n) is 2.55. The first kappa shape index (κ1) is 15.7. The van der Waals surface area contributed by atoms with Crippen LogP contribution in [0.1, 0.15) is 10.5 Å². The van der Waals surface area contributed by atoms with Crippen molar-refractivity contribution in [2.24, 2.45) is 0 Å². The quantitative estimate of drug-likeness (QED) is 0.753. The fraction of sp³-hybridized carbons (Fsp3) is 0.167. The maximum atomic E-state index is 12.5. The van der Waals surface area contributed by atoms with E-state index in [1.807, 2.05) is 30.3 Å². The van der Waals surface area contributed by atoms with E-state index in [9.17, 15) is 4.79 Å². The lowest BCUT2D eigenvalue weighted by Gasteiger charge is -2.14. The van der Waals surface area contributed by atoms with Crippen LogP contribution in [0.25, 0.3) is 10.9 Å². The van der Waals surface area contributed by atoms with Gasteiger partial charge in [-0.25, -0.2) is 0 Å². The molecule has 24 heavy (non-hydrogen) atoms. The summed E-state index contributed by atoms with van der Waals surface area (Å²) in [5.41, 5.74) is 1.94. The lowest BCUT2D eigenvalue weighted by atomic mass is 10.2. The summed E-state index contributed by atoms with van der Waals surface area (Å²) in [6.07, 6.45) is 0. The van der Waals surface area contributed by atoms with Crippen molar-refractivity contribution in [2.75, 3.05) is 26.6 Å². The van der Waals surface area contributed by atoms with Crippen LogP contribution < -0.4 is 19.5 Å². The average molecular weight is 326 g/mol. The molecule has 124 valence electrons. The molecular weight excluding hydrogens is 308 g/mol. The first-order valence-electron chi connectivity index (χ1n) is 7.35. The predicted molar refractivity (Wildman–Crippen MR) is 92.3 cm³/mol. The Bertz CT molecular complexity index is 828. The van der Waals surface area contributed by atoms with E-state index in [0.29, 0.717) is 28.6 Å². The molecule has 0 radical (unpaired) electrons. The number of rotatable bonds is 5. The Morgan fingerprint density at radius 1 is 0.958 bits per heavy atom. The lowest BCUT2D eigenvalue weighted by Crippen LogP contribution is -2.12. The van der Waals surface area contributed by atoms with Crippen LogP contribution in [0.2, 0.25) is 0 Å². The Labute approximate surface area is 139 Å². The van der Waals surface area contributed by atoms with Gasteiger partial charge < -0.3 is 24.5 Å². The molecule has 1 aromatic heterocycles. The monoisotopic (exact) mass is 326 g/mol. The van der Waals surface area contributed by atoms with Crippen LogP contribution in [0.4, 0.5) is 5.69 Å². The third-order valence-corrected chi connectivity index (χ3v) is 3.70. The van der Waals surface area contributed by atoms with Crippen molar-refractivity contribution >= 4 is 22.5 Å². The van der Waals surface area contributed by atoms with Gasteiger partial charge in [0.15, 0.2) is 11.5 Å². The standard InChI is InChI=1S/C18H18N2O4/c1-22-15-9-12(10-16(23-2)17(15)24-3)19-18(21)14-8-11-6-4-5-7-13(11)20-14/h4-10,20H,1-3H3,(H,19,21). The Morgan fingerprint density at radius 3 is 2.21 bits per heavy atom. The maximum Gasteiger partial charge on any atom is 0.272 e. The van der Waals surface area contributed by atoms with Crippen molar-refractivity contribution in [3.8, 4) is 17.2 Å². The molecule has 0 saturated heterocycles. The van der Waals surface area contributed by atoms with Crippen LogP contribution in [0.15, 0.2) is 42.5 Å². The summed E-state index contributed by atoms with van der Waals surface area (Å²) in [7, 11) is 4.59. The zero-order valence-corrected chi connectivity index (χ0v) is 13.7. The molecule has 3 rings (SSSR count). The minimum atomic E-state index is -0.250. The van der Waals surface area contributed by atoms with Crippen LogP contribution in [-0.4, -0.2) is 32.2 Å². The number of benzene rings is 2. The van der Waals surface area contributed by atoms with Crippen molar-refractivity contribution < 1.29 is 19.0 Å². The predicted octanol–water partition coefficient (Wildman–Crippen LogP) is 3.45. The van der Waals surface area contributed by atoms with Gasteiger partial charge in [0.05, 0.1) is 21.3 Å². The molecule has 0 aliphatic heterocycles. The van der Waals surface area contributed by atoms with Gasteiger partial charge in [-0.15, -0.1) is 0 Å². The number of hydrogen-bond donors (Lipinski definition) is 2. The third kappa shape index (κ3) is 2.86. The molecule has 0 bridgehead atoms. The molecule has 1 heterocycles. The molecular formula is C18H18N2O4. The maximum absolute atomic E-state index is 12.5. The number of anilines is 1. The molecule has 3 aromatic rings. The van der Waals surface area contributed by atoms with Gasteiger partial charge in [-0.1, -0.05) is 18.2 Å². The minimum Gasteiger partial charge on any atom is -0.493 e. The van der Waals surface area contributed by atoms with Crippen molar-refractivity contribution in [1.29, 1.82) is 0 Å². The largest absolute Gasteiger partial charge is 0.493 e. The molecule has 0 fully saturated rings. The van der Waals surface area contributed by atoms with E-state index in [0.717, 1.165) is 10.9 Å². The van der Waals surface area contributed by atoms with Gasteiger partial charge in [0, 0.05) is 28.7 Å². The van der Waals surface area contributed by atoms with Crippen LogP contribution in [0.3, 0.4) is 0 Å². The molecule has 2 aromatic carbocycles. The Kier molecular flexibility index (Phi) is 4.29. The van der Waals surface area contributed by atoms with E-state index >= 15 is 0 Å². The summed E-state index contributed by atoms with van der Waals surface area (Å²) in [6, 6.07) is 12.9. The molecule has 0 unspecified atom stereocenters. The van der Waals surface area contributed by atoms with E-state index in [1.165, 1.54) is 21.3 Å². The topological polar surface area (TPSA) is 72.6 Å². The van der Waals surface area contributed by atoms with Gasteiger partial charge in [0.1, 0.15) is 5.69 Å². The highest BCUT2D eigenvalue weighted by atomic mass is 16.5. The van der Waals surface area contributed by atoms with E-state index in [4.69, 9.17) is 14.2 Å². The van der Waals surface area contributed by atoms with Crippen LogP contribution >= 0.6 is 0 Å². The lowest BCUT2D eigenvalue weighted by molar-refractivity contribution is 0.102. The van der Waals surface area contributed by atoms with Gasteiger partial charge in [-0.2, -0.15) is 0 Å². The number of carbonyl (C=O) groups is 1. The van der Waals surface area contributed by atoms with E-state index in [2.05, 4.69) is 10.3 Å². The molecule has 0 aliphatic carbocycles. The number of methoxy groups -OCH3 is 3. The number of nitrogens with one attached hydrogen (secondary N) is 2. The van der Waals surface area contributed by atoms with Gasteiger partial charge in [0.2, 0.25) is 5.75 Å². The highest BCUT2D eigenvalue weighted by Crippen LogP contribution is 2.40. The summed E-state index contributed by atoms with van der Waals surface area (Å²) in [5, 5.41) is 3.81. The number of amides is 1. The second kappa shape index (κ2) is 6.54. The second-order valence-corrected chi connectivity index (χ2v) is 5.14. The number of fused-ring (bicyclic) bond motifs is 1. The van der Waals surface area contributed by atoms with Gasteiger partial charge in [-0.05, 0) is 12.1 Å². The van der Waals surface area contributed by atoms with Crippen LogP contribution in [0.5, 0.6) is 17.2 Å². The molecule has 6 heteroatoms. The number of ether oxygens (including phenoxy) is 3. The summed E-state index contributed by atoms with van der Waals surface area (Å²) in [4.78, 5) is 15.6. The first-order chi connectivity index (χ1) is 11.7. The number of carbonyl (C=O) groups excluding carboxylic acids is 1. The smallest absolute Gasteiger partial charge is 0.272 e. The van der Waals surface area contributed by atoms with Crippen LogP contribution in [0, 0.1) is 0 Å². The highest BCUT2D eigenvalue weighted by molar-refractivity contribution is 6.06. The average Bonchev–Trinajstić information content (AvgIpc) is 3.05. The SMILES string of the molecule is COc1cc(NC(=O)c2cc3ccccc3[nH]2)cc(OC)c1OC. The van der Waals surface area contributed by atoms with Gasteiger partial charge >= 0.3 is 0 Å². The number of H-pyrrole nitrogens is 1. The molecule has 0 aliphatic rings. The highest BCUT2D eigenvalue weighted by Gasteiger charge is 2.16. The molecule has 1 amide bonds. The number of para-hydroxylation sites is 1. The number of hydrogen-bond acceptors (Lipinski definition) is 4. The number of aromatic amines is 1. The zero-order chi connectivity index (χ0) is 17.1. The summed E-state index contributed by atoms with van der Waals surface area (Å²) in [6.45, 7) is 0. The van der Waals surface area contributed by atoms with E-state index < -0.39 is 0 Å².